The predicted octanol–water partition coefficient (Wildman–Crippen LogP) is 1.69. The van der Waals surface area contributed by atoms with Gasteiger partial charge in [-0.1, -0.05) is 19.1 Å². The number of piperazine rings is 1. The highest BCUT2D eigenvalue weighted by molar-refractivity contribution is 5.78. The Morgan fingerprint density at radius 2 is 1.81 bits per heavy atom. The third-order valence-electron chi connectivity index (χ3n) is 4.90. The molecular formula is C20H31N3O3. The molecular weight excluding hydrogens is 330 g/mol. The maximum absolute atomic E-state index is 12.4. The van der Waals surface area contributed by atoms with Crippen LogP contribution in [-0.4, -0.2) is 67.5 Å². The van der Waals surface area contributed by atoms with Gasteiger partial charge in [0.15, 0.2) is 0 Å². The fourth-order valence-electron chi connectivity index (χ4n) is 2.98. The molecule has 1 N–H and O–H groups in total. The van der Waals surface area contributed by atoms with Gasteiger partial charge in [-0.05, 0) is 37.5 Å². The molecule has 0 aliphatic carbocycles. The van der Waals surface area contributed by atoms with Crippen LogP contribution in [0.3, 0.4) is 0 Å². The monoisotopic (exact) mass is 361 g/mol. The zero-order valence-corrected chi connectivity index (χ0v) is 16.2. The number of ether oxygens (including phenoxy) is 1. The van der Waals surface area contributed by atoms with Crippen LogP contribution in [0.25, 0.3) is 0 Å². The second-order valence-corrected chi connectivity index (χ2v) is 6.88. The van der Waals surface area contributed by atoms with Gasteiger partial charge in [0.2, 0.25) is 11.8 Å². The van der Waals surface area contributed by atoms with Crippen molar-refractivity contribution in [3.05, 3.63) is 29.8 Å². The second kappa shape index (κ2) is 10.2. The number of carbonyl (C=O) groups excluding carboxylic acids is 2. The van der Waals surface area contributed by atoms with Crippen LogP contribution >= 0.6 is 0 Å². The van der Waals surface area contributed by atoms with Gasteiger partial charge < -0.3 is 15.0 Å². The molecule has 1 fully saturated rings. The number of benzene rings is 1. The minimum atomic E-state index is 0.0682. The van der Waals surface area contributed by atoms with Crippen molar-refractivity contribution in [3.63, 3.8) is 0 Å². The van der Waals surface area contributed by atoms with E-state index in [4.69, 9.17) is 4.74 Å². The molecule has 0 spiro atoms. The number of nitrogens with zero attached hydrogens (tertiary/aromatic N) is 2. The summed E-state index contributed by atoms with van der Waals surface area (Å²) >= 11 is 0. The number of methoxy groups -OCH3 is 1. The Balaban J connectivity index is 1.69. The summed E-state index contributed by atoms with van der Waals surface area (Å²) in [5.41, 5.74) is 1.14. The predicted molar refractivity (Wildman–Crippen MR) is 102 cm³/mol. The normalized spacial score (nSPS) is 16.2. The summed E-state index contributed by atoms with van der Waals surface area (Å²) < 4.78 is 5.15. The van der Waals surface area contributed by atoms with E-state index in [0.29, 0.717) is 26.1 Å². The van der Waals surface area contributed by atoms with Crippen LogP contribution in [0.1, 0.15) is 32.3 Å². The summed E-state index contributed by atoms with van der Waals surface area (Å²) in [7, 11) is 1.65. The maximum Gasteiger partial charge on any atom is 0.234 e. The molecule has 6 heteroatoms. The molecule has 1 aromatic rings. The SMILES string of the molecule is CCC(C)NC(=O)CN1CCN(C(=O)CCc2ccc(OC)cc2)CC1. The van der Waals surface area contributed by atoms with Crippen molar-refractivity contribution in [1.29, 1.82) is 0 Å². The van der Waals surface area contributed by atoms with Crippen molar-refractivity contribution in [2.45, 2.75) is 39.2 Å². The average molecular weight is 361 g/mol. The highest BCUT2D eigenvalue weighted by atomic mass is 16.5. The summed E-state index contributed by atoms with van der Waals surface area (Å²) in [6.07, 6.45) is 2.18. The maximum atomic E-state index is 12.4. The molecule has 0 bridgehead atoms. The smallest absolute Gasteiger partial charge is 0.234 e. The Bertz CT molecular complexity index is 580. The zero-order chi connectivity index (χ0) is 18.9. The van der Waals surface area contributed by atoms with E-state index < -0.39 is 0 Å². The quantitative estimate of drug-likeness (QED) is 0.765. The van der Waals surface area contributed by atoms with Gasteiger partial charge in [-0.2, -0.15) is 0 Å². The van der Waals surface area contributed by atoms with E-state index in [1.54, 1.807) is 7.11 Å². The average Bonchev–Trinajstić information content (AvgIpc) is 2.66. The Hall–Kier alpha value is -2.08. The molecule has 6 nitrogen and oxygen atoms in total. The molecule has 26 heavy (non-hydrogen) atoms. The van der Waals surface area contributed by atoms with Crippen molar-refractivity contribution in [2.75, 3.05) is 39.8 Å². The number of rotatable bonds is 8. The lowest BCUT2D eigenvalue weighted by Crippen LogP contribution is -2.51. The standard InChI is InChI=1S/C20H31N3O3/c1-4-16(2)21-19(24)15-22-11-13-23(14-12-22)20(25)10-7-17-5-8-18(26-3)9-6-17/h5-6,8-9,16H,4,7,10-15H2,1-3H3,(H,21,24). The molecule has 2 rings (SSSR count). The third kappa shape index (κ3) is 6.33. The number of aryl methyl sites for hydroxylation is 1. The van der Waals surface area contributed by atoms with Crippen LogP contribution in [0.15, 0.2) is 24.3 Å². The van der Waals surface area contributed by atoms with Crippen molar-refractivity contribution in [2.24, 2.45) is 0 Å². The fourth-order valence-corrected chi connectivity index (χ4v) is 2.98. The van der Waals surface area contributed by atoms with Gasteiger partial charge in [0.25, 0.3) is 0 Å². The van der Waals surface area contributed by atoms with Crippen molar-refractivity contribution >= 4 is 11.8 Å². The van der Waals surface area contributed by atoms with E-state index in [2.05, 4.69) is 17.1 Å². The summed E-state index contributed by atoms with van der Waals surface area (Å²) in [4.78, 5) is 28.4. The van der Waals surface area contributed by atoms with Crippen LogP contribution in [-0.2, 0) is 16.0 Å². The number of hydrogen-bond acceptors (Lipinski definition) is 4. The van der Waals surface area contributed by atoms with Crippen LogP contribution in [0, 0.1) is 0 Å². The van der Waals surface area contributed by atoms with Gasteiger partial charge in [0.1, 0.15) is 5.75 Å². The molecule has 1 heterocycles. The summed E-state index contributed by atoms with van der Waals surface area (Å²) in [5, 5.41) is 2.99. The zero-order valence-electron chi connectivity index (χ0n) is 16.2. The first-order valence-corrected chi connectivity index (χ1v) is 9.44. The molecule has 1 atom stereocenters. The van der Waals surface area contributed by atoms with E-state index in [1.807, 2.05) is 36.1 Å². The van der Waals surface area contributed by atoms with Crippen LogP contribution < -0.4 is 10.1 Å². The van der Waals surface area contributed by atoms with E-state index in [1.165, 1.54) is 0 Å². The molecule has 2 amide bonds. The van der Waals surface area contributed by atoms with E-state index in [-0.39, 0.29) is 17.9 Å². The lowest BCUT2D eigenvalue weighted by molar-refractivity contribution is -0.133. The largest absolute Gasteiger partial charge is 0.497 e. The highest BCUT2D eigenvalue weighted by Gasteiger charge is 2.22. The van der Waals surface area contributed by atoms with E-state index in [9.17, 15) is 9.59 Å². The van der Waals surface area contributed by atoms with Gasteiger partial charge in [-0.3, -0.25) is 14.5 Å². The minimum Gasteiger partial charge on any atom is -0.497 e. The highest BCUT2D eigenvalue weighted by Crippen LogP contribution is 2.13. The third-order valence-corrected chi connectivity index (χ3v) is 4.90. The van der Waals surface area contributed by atoms with Crippen molar-refractivity contribution in [3.8, 4) is 5.75 Å². The molecule has 1 aliphatic rings. The Labute approximate surface area is 156 Å². The minimum absolute atomic E-state index is 0.0682. The Morgan fingerprint density at radius 3 is 2.38 bits per heavy atom. The van der Waals surface area contributed by atoms with E-state index in [0.717, 1.165) is 37.2 Å². The molecule has 1 aliphatic heterocycles. The first-order valence-electron chi connectivity index (χ1n) is 9.44. The fraction of sp³-hybridized carbons (Fsp3) is 0.600. The first kappa shape index (κ1) is 20.2. The Morgan fingerprint density at radius 1 is 1.15 bits per heavy atom. The van der Waals surface area contributed by atoms with Gasteiger partial charge in [0, 0.05) is 38.6 Å². The summed E-state index contributed by atoms with van der Waals surface area (Å²) in [5.74, 6) is 1.08. The topological polar surface area (TPSA) is 61.9 Å². The number of hydrogen-bond donors (Lipinski definition) is 1. The molecule has 1 saturated heterocycles. The van der Waals surface area contributed by atoms with E-state index >= 15 is 0 Å². The van der Waals surface area contributed by atoms with Crippen molar-refractivity contribution < 1.29 is 14.3 Å². The summed E-state index contributed by atoms with van der Waals surface area (Å²) in [6.45, 7) is 7.37. The molecule has 0 saturated carbocycles. The molecule has 1 aromatic carbocycles. The van der Waals surface area contributed by atoms with Crippen LogP contribution in [0.5, 0.6) is 5.75 Å². The van der Waals surface area contributed by atoms with Crippen LogP contribution in [0.2, 0.25) is 0 Å². The number of amides is 2. The van der Waals surface area contributed by atoms with Crippen LogP contribution in [0.4, 0.5) is 0 Å². The molecule has 1 unspecified atom stereocenters. The molecule has 144 valence electrons. The van der Waals surface area contributed by atoms with Crippen molar-refractivity contribution in [1.82, 2.24) is 15.1 Å². The molecule has 0 aromatic heterocycles. The van der Waals surface area contributed by atoms with Gasteiger partial charge in [-0.25, -0.2) is 0 Å². The second-order valence-electron chi connectivity index (χ2n) is 6.88. The number of nitrogens with one attached hydrogen (secondary N) is 1. The lowest BCUT2D eigenvalue weighted by atomic mass is 10.1. The first-order chi connectivity index (χ1) is 12.5. The Kier molecular flexibility index (Phi) is 7.91. The van der Waals surface area contributed by atoms with Gasteiger partial charge >= 0.3 is 0 Å². The molecule has 0 radical (unpaired) electrons. The summed E-state index contributed by atoms with van der Waals surface area (Å²) in [6, 6.07) is 8.05. The van der Waals surface area contributed by atoms with Gasteiger partial charge in [0.05, 0.1) is 13.7 Å². The number of carbonyl (C=O) groups is 2. The van der Waals surface area contributed by atoms with Gasteiger partial charge in [-0.15, -0.1) is 0 Å². The lowest BCUT2D eigenvalue weighted by Gasteiger charge is -2.34.